The van der Waals surface area contributed by atoms with E-state index in [0.717, 1.165) is 16.8 Å². The number of ether oxygens (including phenoxy) is 1. The van der Waals surface area contributed by atoms with Crippen molar-refractivity contribution >= 4 is 34.7 Å². The summed E-state index contributed by atoms with van der Waals surface area (Å²) in [6, 6.07) is 6.42. The van der Waals surface area contributed by atoms with Gasteiger partial charge in [0.05, 0.1) is 11.2 Å². The van der Waals surface area contributed by atoms with Crippen LogP contribution in [0.25, 0.3) is 5.82 Å². The quantitative estimate of drug-likeness (QED) is 0.691. The van der Waals surface area contributed by atoms with Crippen molar-refractivity contribution in [1.29, 1.82) is 0 Å². The normalized spacial score (nSPS) is 11.3. The number of alkyl halides is 3. The molecule has 0 aliphatic heterocycles. The molecule has 27 heavy (non-hydrogen) atoms. The van der Waals surface area contributed by atoms with Crippen molar-refractivity contribution in [2.45, 2.75) is 6.36 Å². The highest BCUT2D eigenvalue weighted by Crippen LogP contribution is 2.25. The van der Waals surface area contributed by atoms with Gasteiger partial charge in [0.15, 0.2) is 5.82 Å². The van der Waals surface area contributed by atoms with E-state index in [0.29, 0.717) is 5.69 Å². The summed E-state index contributed by atoms with van der Waals surface area (Å²) >= 11 is 11.5. The number of nitrogens with zero attached hydrogens (tertiary/aromatic N) is 4. The highest BCUT2D eigenvalue weighted by molar-refractivity contribution is 6.41. The lowest BCUT2D eigenvalue weighted by molar-refractivity contribution is -0.274. The Kier molecular flexibility index (Phi) is 5.19. The van der Waals surface area contributed by atoms with E-state index >= 15 is 0 Å². The molecule has 2 aromatic heterocycles. The van der Waals surface area contributed by atoms with Crippen LogP contribution in [-0.4, -0.2) is 26.1 Å². The predicted molar refractivity (Wildman–Crippen MR) is 91.9 cm³/mol. The first-order valence-electron chi connectivity index (χ1n) is 7.11. The zero-order chi connectivity index (χ0) is 19.6. The fourth-order valence-electron chi connectivity index (χ4n) is 1.99. The average Bonchev–Trinajstić information content (AvgIpc) is 2.60. The molecule has 0 aliphatic rings. The summed E-state index contributed by atoms with van der Waals surface area (Å²) in [4.78, 5) is 20.0. The fraction of sp³-hybridized carbons (Fsp3) is 0.0667. The third-order valence-electron chi connectivity index (χ3n) is 3.11. The van der Waals surface area contributed by atoms with Gasteiger partial charge in [0, 0.05) is 11.8 Å². The lowest BCUT2D eigenvalue weighted by atomic mass is 10.3. The molecule has 3 aromatic rings. The monoisotopic (exact) mass is 417 g/mol. The van der Waals surface area contributed by atoms with Crippen LogP contribution in [0, 0.1) is 0 Å². The summed E-state index contributed by atoms with van der Waals surface area (Å²) < 4.78 is 41.2. The van der Waals surface area contributed by atoms with Gasteiger partial charge in [-0.2, -0.15) is 9.78 Å². The molecule has 0 fully saturated rings. The molecule has 140 valence electrons. The first-order valence-corrected chi connectivity index (χ1v) is 7.87. The highest BCUT2D eigenvalue weighted by atomic mass is 35.5. The van der Waals surface area contributed by atoms with Crippen LogP contribution in [0.15, 0.2) is 47.7 Å². The molecule has 0 amide bonds. The van der Waals surface area contributed by atoms with E-state index in [4.69, 9.17) is 23.2 Å². The highest BCUT2D eigenvalue weighted by Gasteiger charge is 2.30. The zero-order valence-corrected chi connectivity index (χ0v) is 14.5. The predicted octanol–water partition coefficient (Wildman–Crippen LogP) is 3.97. The summed E-state index contributed by atoms with van der Waals surface area (Å²) in [6.45, 7) is 0. The number of anilines is 2. The van der Waals surface area contributed by atoms with Gasteiger partial charge in [-0.3, -0.25) is 4.79 Å². The maximum atomic E-state index is 12.2. The smallest absolute Gasteiger partial charge is 0.406 e. The van der Waals surface area contributed by atoms with E-state index in [9.17, 15) is 18.0 Å². The Bertz CT molecular complexity index is 1030. The molecule has 1 aromatic carbocycles. The standard InChI is InChI=1S/C15H8Cl2F3N5O2/c16-10-6-23-25(14(26)13(10)17)12-5-11(21-7-22-12)24-8-1-3-9(4-2-8)27-15(18,19)20/h1-7H,(H,21,22,24). The summed E-state index contributed by atoms with van der Waals surface area (Å²) in [5.41, 5.74) is -0.230. The van der Waals surface area contributed by atoms with Crippen LogP contribution in [0.4, 0.5) is 24.7 Å². The average molecular weight is 418 g/mol. The molecule has 12 heteroatoms. The summed E-state index contributed by atoms with van der Waals surface area (Å²) in [5, 5.41) is 6.51. The molecule has 0 atom stereocenters. The number of rotatable bonds is 4. The second kappa shape index (κ2) is 7.41. The zero-order valence-electron chi connectivity index (χ0n) is 13.0. The molecule has 2 heterocycles. The fourth-order valence-corrected chi connectivity index (χ4v) is 2.25. The molecule has 0 saturated heterocycles. The molecule has 0 radical (unpaired) electrons. The van der Waals surface area contributed by atoms with Crippen molar-refractivity contribution in [2.75, 3.05) is 5.32 Å². The van der Waals surface area contributed by atoms with Gasteiger partial charge < -0.3 is 10.1 Å². The second-order valence-corrected chi connectivity index (χ2v) is 5.77. The Morgan fingerprint density at radius 1 is 1.11 bits per heavy atom. The Morgan fingerprint density at radius 2 is 1.81 bits per heavy atom. The number of benzene rings is 1. The summed E-state index contributed by atoms with van der Waals surface area (Å²) in [7, 11) is 0. The van der Waals surface area contributed by atoms with Crippen LogP contribution in [0.5, 0.6) is 5.75 Å². The van der Waals surface area contributed by atoms with Gasteiger partial charge in [-0.1, -0.05) is 23.2 Å². The minimum Gasteiger partial charge on any atom is -0.406 e. The van der Waals surface area contributed by atoms with Crippen LogP contribution >= 0.6 is 23.2 Å². The van der Waals surface area contributed by atoms with Crippen LogP contribution in [-0.2, 0) is 0 Å². The van der Waals surface area contributed by atoms with E-state index in [1.165, 1.54) is 30.7 Å². The minimum atomic E-state index is -4.77. The minimum absolute atomic E-state index is 0.00601. The van der Waals surface area contributed by atoms with Crippen LogP contribution in [0.1, 0.15) is 0 Å². The van der Waals surface area contributed by atoms with Crippen molar-refractivity contribution < 1.29 is 17.9 Å². The van der Waals surface area contributed by atoms with E-state index in [-0.39, 0.29) is 27.4 Å². The van der Waals surface area contributed by atoms with Gasteiger partial charge in [0.2, 0.25) is 0 Å². The van der Waals surface area contributed by atoms with Crippen LogP contribution in [0.3, 0.4) is 0 Å². The SMILES string of the molecule is O=c1c(Cl)c(Cl)cnn1-c1cc(Nc2ccc(OC(F)(F)F)cc2)ncn1. The van der Waals surface area contributed by atoms with E-state index in [1.54, 1.807) is 0 Å². The number of hydrogen-bond acceptors (Lipinski definition) is 6. The lowest BCUT2D eigenvalue weighted by Gasteiger charge is -2.10. The molecular weight excluding hydrogens is 410 g/mol. The van der Waals surface area contributed by atoms with Crippen molar-refractivity contribution in [1.82, 2.24) is 19.7 Å². The maximum absolute atomic E-state index is 12.2. The number of hydrogen-bond donors (Lipinski definition) is 1. The van der Waals surface area contributed by atoms with Gasteiger partial charge in [0.1, 0.15) is 22.9 Å². The topological polar surface area (TPSA) is 81.9 Å². The lowest BCUT2D eigenvalue weighted by Crippen LogP contribution is -2.22. The molecule has 0 bridgehead atoms. The first-order chi connectivity index (χ1) is 12.7. The third kappa shape index (κ3) is 4.66. The molecule has 1 N–H and O–H groups in total. The van der Waals surface area contributed by atoms with Gasteiger partial charge in [-0.05, 0) is 24.3 Å². The molecule has 0 saturated carbocycles. The van der Waals surface area contributed by atoms with Crippen molar-refractivity contribution in [2.24, 2.45) is 0 Å². The van der Waals surface area contributed by atoms with E-state index < -0.39 is 11.9 Å². The Morgan fingerprint density at radius 3 is 2.48 bits per heavy atom. The Labute approximate surface area is 159 Å². The Balaban J connectivity index is 1.83. The van der Waals surface area contributed by atoms with Crippen LogP contribution < -0.4 is 15.6 Å². The van der Waals surface area contributed by atoms with Gasteiger partial charge in [-0.15, -0.1) is 13.2 Å². The Hall–Kier alpha value is -2.85. The summed E-state index contributed by atoms with van der Waals surface area (Å²) in [5.74, 6) is 0.0281. The van der Waals surface area contributed by atoms with Gasteiger partial charge in [-0.25, -0.2) is 9.97 Å². The molecule has 3 rings (SSSR count). The largest absolute Gasteiger partial charge is 0.573 e. The maximum Gasteiger partial charge on any atom is 0.573 e. The number of halogens is 5. The van der Waals surface area contributed by atoms with E-state index in [2.05, 4.69) is 25.1 Å². The molecule has 0 aliphatic carbocycles. The third-order valence-corrected chi connectivity index (χ3v) is 3.85. The van der Waals surface area contributed by atoms with Crippen molar-refractivity contribution in [3.8, 4) is 11.6 Å². The van der Waals surface area contributed by atoms with Gasteiger partial charge >= 0.3 is 6.36 Å². The molecular formula is C15H8Cl2F3N5O2. The molecule has 0 spiro atoms. The molecule has 7 nitrogen and oxygen atoms in total. The van der Waals surface area contributed by atoms with E-state index in [1.807, 2.05) is 0 Å². The summed E-state index contributed by atoms with van der Waals surface area (Å²) in [6.07, 6.45) is -2.40. The van der Waals surface area contributed by atoms with Gasteiger partial charge in [0.25, 0.3) is 5.56 Å². The van der Waals surface area contributed by atoms with Crippen molar-refractivity contribution in [3.05, 3.63) is 63.3 Å². The second-order valence-electron chi connectivity index (χ2n) is 4.98. The van der Waals surface area contributed by atoms with Crippen molar-refractivity contribution in [3.63, 3.8) is 0 Å². The number of aromatic nitrogens is 4. The molecule has 0 unspecified atom stereocenters. The number of nitrogens with one attached hydrogen (secondary N) is 1. The van der Waals surface area contributed by atoms with Crippen LogP contribution in [0.2, 0.25) is 10.0 Å². The first kappa shape index (κ1) is 18.9.